The van der Waals surface area contributed by atoms with Crippen LogP contribution in [0.1, 0.15) is 46.3 Å². The molecule has 1 amide bonds. The smallest absolute Gasteiger partial charge is 0.430 e. The largest absolute Gasteiger partial charge is 0.495 e. The molecule has 0 saturated heterocycles. The molecule has 174 valence electrons. The number of carbonyl (C=O) groups excluding carboxylic acids is 1. The fourth-order valence-electron chi connectivity index (χ4n) is 3.75. The molecule has 10 heteroatoms. The van der Waals surface area contributed by atoms with E-state index in [-0.39, 0.29) is 5.56 Å². The maximum Gasteiger partial charge on any atom is 0.430 e. The Labute approximate surface area is 180 Å². The summed E-state index contributed by atoms with van der Waals surface area (Å²) in [7, 11) is 1.43. The number of anilines is 1. The van der Waals surface area contributed by atoms with Gasteiger partial charge in [0.2, 0.25) is 0 Å². The Bertz CT molecular complexity index is 969. The topological polar surface area (TPSA) is 58.6 Å². The van der Waals surface area contributed by atoms with E-state index >= 15 is 0 Å². The predicted molar refractivity (Wildman–Crippen MR) is 105 cm³/mol. The number of alkyl halides is 6. The van der Waals surface area contributed by atoms with E-state index < -0.39 is 29.4 Å². The lowest BCUT2D eigenvalue weighted by atomic mass is 9.91. The first-order valence-corrected chi connectivity index (χ1v) is 9.86. The molecule has 0 aliphatic heterocycles. The van der Waals surface area contributed by atoms with Crippen molar-refractivity contribution >= 4 is 11.6 Å². The van der Waals surface area contributed by atoms with Gasteiger partial charge in [0.05, 0.1) is 12.8 Å². The second-order valence-electron chi connectivity index (χ2n) is 7.62. The van der Waals surface area contributed by atoms with Crippen molar-refractivity contribution in [3.8, 4) is 5.75 Å². The van der Waals surface area contributed by atoms with E-state index in [1.807, 2.05) is 6.07 Å². The third-order valence-electron chi connectivity index (χ3n) is 5.55. The van der Waals surface area contributed by atoms with E-state index in [9.17, 15) is 36.2 Å². The number of carbonyl (C=O) groups is 1. The Morgan fingerprint density at radius 2 is 1.44 bits per heavy atom. The zero-order valence-corrected chi connectivity index (χ0v) is 17.0. The lowest BCUT2D eigenvalue weighted by Gasteiger charge is -2.32. The molecule has 0 heterocycles. The Hall–Kier alpha value is -2.75. The monoisotopic (exact) mass is 461 g/mol. The number of hydrogen-bond donors (Lipinski definition) is 2. The summed E-state index contributed by atoms with van der Waals surface area (Å²) in [6, 6.07) is 6.06. The molecule has 2 aromatic rings. The number of benzene rings is 2. The molecule has 0 spiro atoms. The van der Waals surface area contributed by atoms with Crippen molar-refractivity contribution < 1.29 is 41.0 Å². The number of hydrogen-bond acceptors (Lipinski definition) is 3. The first-order chi connectivity index (χ1) is 14.9. The minimum atomic E-state index is -6.00. The lowest BCUT2D eigenvalue weighted by molar-refractivity contribution is -0.376. The standard InChI is InChI=1S/C22H21F6NO3/c1-32-18-12-15-6-4-2-3-5-14(15)11-17(18)29-19(30)13-7-9-16(10-8-13)20(31,21(23,24)25)22(26,27)28/h7-12,31H,2-6H2,1H3,(H,29,30). The number of amides is 1. The molecular formula is C22H21F6NO3. The average molecular weight is 461 g/mol. The van der Waals surface area contributed by atoms with Crippen LogP contribution in [0.3, 0.4) is 0 Å². The fourth-order valence-corrected chi connectivity index (χ4v) is 3.75. The van der Waals surface area contributed by atoms with E-state index in [0.29, 0.717) is 23.6 Å². The molecule has 4 nitrogen and oxygen atoms in total. The SMILES string of the molecule is COc1cc2c(cc1NC(=O)c1ccc(C(O)(C(F)(F)F)C(F)(F)F)cc1)CCCCC2. The average Bonchev–Trinajstić information content (AvgIpc) is 2.95. The molecule has 0 saturated carbocycles. The second-order valence-corrected chi connectivity index (χ2v) is 7.62. The number of halogens is 6. The van der Waals surface area contributed by atoms with Crippen molar-refractivity contribution in [1.82, 2.24) is 0 Å². The van der Waals surface area contributed by atoms with Gasteiger partial charge in [0.1, 0.15) is 5.75 Å². The molecule has 0 radical (unpaired) electrons. The van der Waals surface area contributed by atoms with Crippen molar-refractivity contribution in [3.05, 3.63) is 58.7 Å². The number of aryl methyl sites for hydroxylation is 2. The summed E-state index contributed by atoms with van der Waals surface area (Å²) >= 11 is 0. The van der Waals surface area contributed by atoms with Crippen LogP contribution in [0.5, 0.6) is 5.75 Å². The molecule has 0 bridgehead atoms. The van der Waals surface area contributed by atoms with E-state index in [1.165, 1.54) is 7.11 Å². The number of rotatable bonds is 4. The van der Waals surface area contributed by atoms with Gasteiger partial charge in [-0.05, 0) is 61.1 Å². The normalized spacial score (nSPS) is 15.0. The first-order valence-electron chi connectivity index (χ1n) is 9.86. The second kappa shape index (κ2) is 8.65. The van der Waals surface area contributed by atoms with Gasteiger partial charge in [0, 0.05) is 11.1 Å². The fraction of sp³-hybridized carbons (Fsp3) is 0.409. The summed E-state index contributed by atoms with van der Waals surface area (Å²) in [6.45, 7) is 0. The maximum atomic E-state index is 13.0. The highest BCUT2D eigenvalue weighted by Gasteiger charge is 2.71. The van der Waals surface area contributed by atoms with Crippen LogP contribution < -0.4 is 10.1 Å². The highest BCUT2D eigenvalue weighted by atomic mass is 19.4. The molecule has 1 aliphatic rings. The van der Waals surface area contributed by atoms with Gasteiger partial charge < -0.3 is 15.2 Å². The molecule has 1 aliphatic carbocycles. The van der Waals surface area contributed by atoms with Crippen molar-refractivity contribution in [2.75, 3.05) is 12.4 Å². The third-order valence-corrected chi connectivity index (χ3v) is 5.55. The highest BCUT2D eigenvalue weighted by molar-refractivity contribution is 6.05. The molecule has 3 rings (SSSR count). The van der Waals surface area contributed by atoms with Crippen molar-refractivity contribution in [2.45, 2.75) is 50.1 Å². The van der Waals surface area contributed by atoms with Crippen molar-refractivity contribution in [3.63, 3.8) is 0 Å². The molecule has 2 N–H and O–H groups in total. The Morgan fingerprint density at radius 3 is 1.94 bits per heavy atom. The zero-order chi connectivity index (χ0) is 23.7. The summed E-state index contributed by atoms with van der Waals surface area (Å²) in [4.78, 5) is 12.6. The van der Waals surface area contributed by atoms with E-state index in [4.69, 9.17) is 4.74 Å². The molecule has 0 aromatic heterocycles. The van der Waals surface area contributed by atoms with Crippen LogP contribution >= 0.6 is 0 Å². The first kappa shape index (κ1) is 23.9. The van der Waals surface area contributed by atoms with Gasteiger partial charge in [-0.15, -0.1) is 0 Å². The summed E-state index contributed by atoms with van der Waals surface area (Å²) in [5.41, 5.74) is -4.15. The number of ether oxygens (including phenoxy) is 1. The molecular weight excluding hydrogens is 440 g/mol. The number of fused-ring (bicyclic) bond motifs is 1. The molecule has 2 aromatic carbocycles. The maximum absolute atomic E-state index is 13.0. The van der Waals surface area contributed by atoms with Crippen molar-refractivity contribution in [2.24, 2.45) is 0 Å². The van der Waals surface area contributed by atoms with Crippen LogP contribution in [0.4, 0.5) is 32.0 Å². The minimum absolute atomic E-state index is 0.183. The molecule has 0 unspecified atom stereocenters. The van der Waals surface area contributed by atoms with Crippen LogP contribution in [-0.4, -0.2) is 30.5 Å². The molecule has 0 fully saturated rings. The summed E-state index contributed by atoms with van der Waals surface area (Å²) in [6.07, 6.45) is -7.18. The van der Waals surface area contributed by atoms with E-state index in [0.717, 1.165) is 55.4 Å². The summed E-state index contributed by atoms with van der Waals surface area (Å²) < 4.78 is 83.4. The van der Waals surface area contributed by atoms with E-state index in [2.05, 4.69) is 5.32 Å². The number of nitrogens with one attached hydrogen (secondary N) is 1. The minimum Gasteiger partial charge on any atom is -0.495 e. The lowest BCUT2D eigenvalue weighted by Crippen LogP contribution is -2.53. The van der Waals surface area contributed by atoms with Gasteiger partial charge in [0.15, 0.2) is 0 Å². The van der Waals surface area contributed by atoms with E-state index in [1.54, 1.807) is 6.07 Å². The van der Waals surface area contributed by atoms with Gasteiger partial charge in [0.25, 0.3) is 11.5 Å². The van der Waals surface area contributed by atoms with Gasteiger partial charge in [-0.1, -0.05) is 18.6 Å². The van der Waals surface area contributed by atoms with Gasteiger partial charge in [-0.25, -0.2) is 0 Å². The highest BCUT2D eigenvalue weighted by Crippen LogP contribution is 2.50. The molecule has 0 atom stereocenters. The van der Waals surface area contributed by atoms with Crippen LogP contribution in [0.2, 0.25) is 0 Å². The van der Waals surface area contributed by atoms with Crippen molar-refractivity contribution in [1.29, 1.82) is 0 Å². The van der Waals surface area contributed by atoms with Gasteiger partial charge in [-0.3, -0.25) is 4.79 Å². The number of aliphatic hydroxyl groups is 1. The molecule has 32 heavy (non-hydrogen) atoms. The summed E-state index contributed by atoms with van der Waals surface area (Å²) in [5, 5.41) is 12.1. The predicted octanol–water partition coefficient (Wildman–Crippen LogP) is 5.53. The quantitative estimate of drug-likeness (QED) is 0.465. The Kier molecular flexibility index (Phi) is 6.46. The van der Waals surface area contributed by atoms with Gasteiger partial charge in [-0.2, -0.15) is 26.3 Å². The zero-order valence-electron chi connectivity index (χ0n) is 17.0. The van der Waals surface area contributed by atoms with Gasteiger partial charge >= 0.3 is 12.4 Å². The number of methoxy groups -OCH3 is 1. The Morgan fingerprint density at radius 1 is 0.906 bits per heavy atom. The van der Waals surface area contributed by atoms with Crippen LogP contribution in [-0.2, 0) is 18.4 Å². The van der Waals surface area contributed by atoms with Crippen LogP contribution in [0.25, 0.3) is 0 Å². The van der Waals surface area contributed by atoms with Crippen LogP contribution in [0.15, 0.2) is 36.4 Å². The Balaban J connectivity index is 1.88. The summed E-state index contributed by atoms with van der Waals surface area (Å²) in [5.74, 6) is -0.342. The third kappa shape index (κ3) is 4.41. The van der Waals surface area contributed by atoms with Crippen LogP contribution in [0, 0.1) is 0 Å².